The molecule has 3 N–H and O–H groups in total. The highest BCUT2D eigenvalue weighted by Gasteiger charge is 2.32. The summed E-state index contributed by atoms with van der Waals surface area (Å²) in [5, 5.41) is 8.00. The number of aliphatic carboxylic acids is 1. The lowest BCUT2D eigenvalue weighted by Crippen LogP contribution is -2.44. The average Bonchev–Trinajstić information content (AvgIpc) is 2.35. The van der Waals surface area contributed by atoms with Gasteiger partial charge in [0.05, 0.1) is 12.3 Å². The Morgan fingerprint density at radius 3 is 2.69 bits per heavy atom. The van der Waals surface area contributed by atoms with E-state index in [4.69, 9.17) is 10.8 Å². The van der Waals surface area contributed by atoms with E-state index in [1.165, 1.54) is 0 Å². The number of carboxylic acid groups (broad SMARTS) is 1. The normalized spacial score (nSPS) is 19.3. The number of hydrogen-bond donors (Lipinski definition) is 2. The number of carbonyl (C=O) groups is 3. The highest BCUT2D eigenvalue weighted by molar-refractivity contribution is 8.14. The van der Waals surface area contributed by atoms with Gasteiger partial charge in [-0.15, -0.1) is 0 Å². The van der Waals surface area contributed by atoms with Gasteiger partial charge in [-0.25, -0.2) is 0 Å². The molecule has 0 aromatic rings. The minimum Gasteiger partial charge on any atom is -0.480 e. The molecule has 0 radical (unpaired) electrons. The zero-order chi connectivity index (χ0) is 10.0. The van der Waals surface area contributed by atoms with Crippen LogP contribution in [0.5, 0.6) is 0 Å². The summed E-state index contributed by atoms with van der Waals surface area (Å²) >= 11 is 0.856. The summed E-state index contributed by atoms with van der Waals surface area (Å²) in [5.41, 5.74) is 5.17. The third kappa shape index (κ3) is 2.19. The van der Waals surface area contributed by atoms with Gasteiger partial charge < -0.3 is 10.8 Å². The molecule has 1 heterocycles. The molecule has 0 aromatic carbocycles. The van der Waals surface area contributed by atoms with E-state index >= 15 is 0 Å². The summed E-state index contributed by atoms with van der Waals surface area (Å²) in [6.07, 6.45) is 0. The van der Waals surface area contributed by atoms with Gasteiger partial charge in [-0.2, -0.15) is 0 Å². The number of imide groups is 1. The number of carbonyl (C=O) groups excluding carboxylic acids is 2. The molecule has 1 unspecified atom stereocenters. The third-order valence-electron chi connectivity index (χ3n) is 1.54. The van der Waals surface area contributed by atoms with Crippen molar-refractivity contribution in [3.05, 3.63) is 0 Å². The number of hydrogen-bond acceptors (Lipinski definition) is 5. The van der Waals surface area contributed by atoms with Crippen LogP contribution in [0.1, 0.15) is 0 Å². The van der Waals surface area contributed by atoms with Gasteiger partial charge >= 0.3 is 5.97 Å². The highest BCUT2D eigenvalue weighted by Crippen LogP contribution is 2.18. The van der Waals surface area contributed by atoms with Gasteiger partial charge in [-0.3, -0.25) is 19.3 Å². The first-order valence-corrected chi connectivity index (χ1v) is 4.46. The smallest absolute Gasteiger partial charge is 0.322 e. The minimum atomic E-state index is -1.22. The molecule has 0 bridgehead atoms. The minimum absolute atomic E-state index is 0.0746. The predicted molar refractivity (Wildman–Crippen MR) is 45.2 cm³/mol. The van der Waals surface area contributed by atoms with Gasteiger partial charge in [0.15, 0.2) is 0 Å². The van der Waals surface area contributed by atoms with Crippen molar-refractivity contribution in [3.8, 4) is 0 Å². The third-order valence-corrected chi connectivity index (χ3v) is 2.40. The van der Waals surface area contributed by atoms with Crippen LogP contribution in [0.2, 0.25) is 0 Å². The van der Waals surface area contributed by atoms with Crippen molar-refractivity contribution in [1.82, 2.24) is 4.90 Å². The Kier molecular flexibility index (Phi) is 2.89. The van der Waals surface area contributed by atoms with Crippen LogP contribution >= 0.6 is 11.8 Å². The molecule has 7 heteroatoms. The number of amides is 2. The van der Waals surface area contributed by atoms with Crippen LogP contribution in [0.4, 0.5) is 4.79 Å². The van der Waals surface area contributed by atoms with Gasteiger partial charge in [0.1, 0.15) is 6.04 Å². The quantitative estimate of drug-likeness (QED) is 0.617. The summed E-state index contributed by atoms with van der Waals surface area (Å²) in [7, 11) is 0. The lowest BCUT2D eigenvalue weighted by atomic mass is 10.3. The molecule has 1 aliphatic rings. The van der Waals surface area contributed by atoms with Crippen LogP contribution in [0.25, 0.3) is 0 Å². The second kappa shape index (κ2) is 3.75. The number of nitrogens with zero attached hydrogens (tertiary/aromatic N) is 1. The first kappa shape index (κ1) is 10.0. The van der Waals surface area contributed by atoms with Gasteiger partial charge in [-0.05, 0) is 0 Å². The Morgan fingerprint density at radius 2 is 2.31 bits per heavy atom. The second-order valence-electron chi connectivity index (χ2n) is 2.50. The molecule has 72 valence electrons. The fourth-order valence-electron chi connectivity index (χ4n) is 0.832. The maximum Gasteiger partial charge on any atom is 0.322 e. The van der Waals surface area contributed by atoms with Crippen LogP contribution in [-0.4, -0.2) is 45.5 Å². The number of thioether (sulfide) groups is 1. The summed E-state index contributed by atoms with van der Waals surface area (Å²) < 4.78 is 0. The van der Waals surface area contributed by atoms with Crippen molar-refractivity contribution in [2.24, 2.45) is 5.73 Å². The summed E-state index contributed by atoms with van der Waals surface area (Å²) in [6.45, 7) is -0.250. The SMILES string of the molecule is NC(CN1C(=O)CSC1=O)C(=O)O. The summed E-state index contributed by atoms with van der Waals surface area (Å²) in [6, 6.07) is -1.20. The van der Waals surface area contributed by atoms with Crippen molar-refractivity contribution < 1.29 is 19.5 Å². The molecule has 1 aliphatic heterocycles. The van der Waals surface area contributed by atoms with Gasteiger partial charge in [-0.1, -0.05) is 11.8 Å². The maximum atomic E-state index is 11.0. The van der Waals surface area contributed by atoms with E-state index in [1.54, 1.807) is 0 Å². The lowest BCUT2D eigenvalue weighted by Gasteiger charge is -2.14. The van der Waals surface area contributed by atoms with E-state index in [0.717, 1.165) is 16.7 Å². The fraction of sp³-hybridized carbons (Fsp3) is 0.500. The lowest BCUT2D eigenvalue weighted by molar-refractivity contribution is -0.139. The second-order valence-corrected chi connectivity index (χ2v) is 3.43. The first-order chi connectivity index (χ1) is 6.02. The Labute approximate surface area is 78.1 Å². The van der Waals surface area contributed by atoms with Crippen molar-refractivity contribution >= 4 is 28.9 Å². The van der Waals surface area contributed by atoms with Crippen LogP contribution in [-0.2, 0) is 9.59 Å². The Bertz CT molecular complexity index is 251. The van der Waals surface area contributed by atoms with Gasteiger partial charge in [0.25, 0.3) is 5.24 Å². The molecule has 0 saturated carbocycles. The number of nitrogens with two attached hydrogens (primary N) is 1. The van der Waals surface area contributed by atoms with Crippen molar-refractivity contribution in [2.75, 3.05) is 12.3 Å². The van der Waals surface area contributed by atoms with Crippen LogP contribution < -0.4 is 5.73 Å². The Morgan fingerprint density at radius 1 is 1.69 bits per heavy atom. The van der Waals surface area contributed by atoms with E-state index < -0.39 is 17.3 Å². The zero-order valence-electron chi connectivity index (χ0n) is 6.60. The van der Waals surface area contributed by atoms with Crippen molar-refractivity contribution in [2.45, 2.75) is 6.04 Å². The van der Waals surface area contributed by atoms with E-state index in [1.807, 2.05) is 0 Å². The molecule has 1 atom stereocenters. The van der Waals surface area contributed by atoms with E-state index in [-0.39, 0.29) is 18.2 Å². The topological polar surface area (TPSA) is 101 Å². The molecular weight excluding hydrogens is 196 g/mol. The van der Waals surface area contributed by atoms with Gasteiger partial charge in [0.2, 0.25) is 5.91 Å². The van der Waals surface area contributed by atoms with Crippen LogP contribution in [0.3, 0.4) is 0 Å². The molecule has 2 amide bonds. The first-order valence-electron chi connectivity index (χ1n) is 3.48. The van der Waals surface area contributed by atoms with Crippen molar-refractivity contribution in [1.29, 1.82) is 0 Å². The molecule has 6 nitrogen and oxygen atoms in total. The van der Waals surface area contributed by atoms with Gasteiger partial charge in [0, 0.05) is 0 Å². The summed E-state index contributed by atoms with van der Waals surface area (Å²) in [5.74, 6) is -1.53. The number of rotatable bonds is 3. The molecule has 1 saturated heterocycles. The fourth-order valence-corrected chi connectivity index (χ4v) is 1.57. The average molecular weight is 204 g/mol. The molecule has 13 heavy (non-hydrogen) atoms. The molecule has 0 aromatic heterocycles. The molecule has 1 rings (SSSR count). The van der Waals surface area contributed by atoms with E-state index in [2.05, 4.69) is 0 Å². The zero-order valence-corrected chi connectivity index (χ0v) is 7.41. The maximum absolute atomic E-state index is 11.0. The van der Waals surface area contributed by atoms with Crippen molar-refractivity contribution in [3.63, 3.8) is 0 Å². The number of carboxylic acids is 1. The molecule has 0 aliphatic carbocycles. The monoisotopic (exact) mass is 204 g/mol. The predicted octanol–water partition coefficient (Wildman–Crippen LogP) is -0.906. The van der Waals surface area contributed by atoms with E-state index in [9.17, 15) is 14.4 Å². The Hall–Kier alpha value is -1.08. The van der Waals surface area contributed by atoms with Crippen LogP contribution in [0, 0.1) is 0 Å². The largest absolute Gasteiger partial charge is 0.480 e. The molecule has 0 spiro atoms. The van der Waals surface area contributed by atoms with E-state index in [0.29, 0.717) is 0 Å². The molecule has 1 fully saturated rings. The Balaban J connectivity index is 2.57. The van der Waals surface area contributed by atoms with Crippen LogP contribution in [0.15, 0.2) is 0 Å². The summed E-state index contributed by atoms with van der Waals surface area (Å²) in [4.78, 5) is 33.1. The molecular formula is C6H8N2O4S. The standard InChI is InChI=1S/C6H8N2O4S/c7-3(5(10)11)1-8-4(9)2-13-6(8)12/h3H,1-2,7H2,(H,10,11). The highest BCUT2D eigenvalue weighted by atomic mass is 32.2.